The summed E-state index contributed by atoms with van der Waals surface area (Å²) in [5, 5.41) is 3.03. The normalized spacial score (nSPS) is 22.7. The van der Waals surface area contributed by atoms with E-state index < -0.39 is 11.9 Å². The first kappa shape index (κ1) is 28.1. The number of fused-ring (bicyclic) bond motifs is 1. The highest BCUT2D eigenvalue weighted by Crippen LogP contribution is 2.31. The van der Waals surface area contributed by atoms with E-state index in [9.17, 15) is 19.2 Å². The van der Waals surface area contributed by atoms with Crippen LogP contribution in [0, 0.1) is 0 Å². The van der Waals surface area contributed by atoms with Gasteiger partial charge in [-0.3, -0.25) is 29.4 Å². The number of rotatable bonds is 5. The van der Waals surface area contributed by atoms with E-state index in [4.69, 9.17) is 11.6 Å². The summed E-state index contributed by atoms with van der Waals surface area (Å²) in [5.41, 5.74) is 5.28. The van der Waals surface area contributed by atoms with Crippen molar-refractivity contribution in [1.82, 2.24) is 20.0 Å². The molecular formula is C33H33ClN4O4. The topological polar surface area (TPSA) is 90.0 Å². The standard InChI is InChI=1S/C33H33ClN4O4/c1-20-16-36(17-21(2)37(20)18-24-5-3-4-6-27(24)22-7-10-26(34)11-8-22)32(41)23-9-12-28-25(15-23)19-38(33(28)42)29-13-14-30(39)35-31(29)40/h3-12,15,20-21,29H,13-14,16-19H2,1-2H3,(H,35,39,40). The van der Waals surface area contributed by atoms with E-state index in [0.29, 0.717) is 35.7 Å². The first-order valence-electron chi connectivity index (χ1n) is 14.4. The van der Waals surface area contributed by atoms with E-state index in [0.717, 1.165) is 17.7 Å². The zero-order chi connectivity index (χ0) is 29.5. The Bertz CT molecular complexity index is 1560. The predicted molar refractivity (Wildman–Crippen MR) is 160 cm³/mol. The minimum atomic E-state index is -0.679. The number of nitrogens with one attached hydrogen (secondary N) is 1. The Kier molecular flexibility index (Phi) is 7.60. The maximum absolute atomic E-state index is 13.7. The maximum atomic E-state index is 13.7. The third-order valence-electron chi connectivity index (χ3n) is 8.68. The van der Waals surface area contributed by atoms with E-state index in [1.165, 1.54) is 16.0 Å². The number of hydrogen-bond acceptors (Lipinski definition) is 5. The number of hydrogen-bond donors (Lipinski definition) is 1. The summed E-state index contributed by atoms with van der Waals surface area (Å²) in [6, 6.07) is 21.1. The Labute approximate surface area is 250 Å². The number of benzene rings is 3. The minimum Gasteiger partial charge on any atom is -0.336 e. The van der Waals surface area contributed by atoms with Gasteiger partial charge >= 0.3 is 0 Å². The molecule has 2 saturated heterocycles. The molecule has 3 unspecified atom stereocenters. The van der Waals surface area contributed by atoms with Crippen LogP contribution in [0.2, 0.25) is 5.02 Å². The summed E-state index contributed by atoms with van der Waals surface area (Å²) in [4.78, 5) is 56.5. The molecule has 0 aromatic heterocycles. The van der Waals surface area contributed by atoms with E-state index in [1.807, 2.05) is 35.2 Å². The van der Waals surface area contributed by atoms with Gasteiger partial charge in [0.15, 0.2) is 0 Å². The lowest BCUT2D eigenvalue weighted by Crippen LogP contribution is -2.57. The zero-order valence-electron chi connectivity index (χ0n) is 23.7. The molecule has 1 N–H and O–H groups in total. The Morgan fingerprint density at radius 2 is 1.64 bits per heavy atom. The fraction of sp³-hybridized carbons (Fsp3) is 0.333. The highest BCUT2D eigenvalue weighted by molar-refractivity contribution is 6.30. The molecule has 216 valence electrons. The molecule has 0 spiro atoms. The minimum absolute atomic E-state index is 0.0652. The third-order valence-corrected chi connectivity index (χ3v) is 8.94. The van der Waals surface area contributed by atoms with Crippen LogP contribution in [0.1, 0.15) is 58.5 Å². The fourth-order valence-electron chi connectivity index (χ4n) is 6.49. The van der Waals surface area contributed by atoms with Crippen LogP contribution in [-0.2, 0) is 22.7 Å². The first-order chi connectivity index (χ1) is 20.2. The van der Waals surface area contributed by atoms with Crippen LogP contribution in [0.15, 0.2) is 66.7 Å². The second-order valence-corrected chi connectivity index (χ2v) is 12.0. The van der Waals surface area contributed by atoms with Gasteiger partial charge in [-0.1, -0.05) is 48.0 Å². The predicted octanol–water partition coefficient (Wildman–Crippen LogP) is 4.50. The van der Waals surface area contributed by atoms with Gasteiger partial charge in [0.2, 0.25) is 11.8 Å². The van der Waals surface area contributed by atoms with Gasteiger partial charge in [0, 0.05) is 60.8 Å². The molecule has 0 radical (unpaired) electrons. The molecule has 0 saturated carbocycles. The van der Waals surface area contributed by atoms with Gasteiger partial charge < -0.3 is 9.80 Å². The van der Waals surface area contributed by atoms with E-state index >= 15 is 0 Å². The van der Waals surface area contributed by atoms with Crippen molar-refractivity contribution in [3.05, 3.63) is 94.0 Å². The summed E-state index contributed by atoms with van der Waals surface area (Å²) in [6.07, 6.45) is 0.510. The molecule has 3 aliphatic rings. The monoisotopic (exact) mass is 584 g/mol. The van der Waals surface area contributed by atoms with Crippen LogP contribution in [0.3, 0.4) is 0 Å². The lowest BCUT2D eigenvalue weighted by Gasteiger charge is -2.44. The molecule has 4 amide bonds. The van der Waals surface area contributed by atoms with Crippen LogP contribution < -0.4 is 5.32 Å². The molecule has 3 aromatic carbocycles. The molecular weight excluding hydrogens is 552 g/mol. The van der Waals surface area contributed by atoms with Gasteiger partial charge in [-0.2, -0.15) is 0 Å². The zero-order valence-corrected chi connectivity index (χ0v) is 24.4. The van der Waals surface area contributed by atoms with Crippen molar-refractivity contribution in [1.29, 1.82) is 0 Å². The average Bonchev–Trinajstić information content (AvgIpc) is 3.30. The molecule has 3 atom stereocenters. The molecule has 2 fully saturated rings. The second kappa shape index (κ2) is 11.3. The van der Waals surface area contributed by atoms with Gasteiger partial charge in [0.1, 0.15) is 6.04 Å². The molecule has 3 aliphatic heterocycles. The summed E-state index contributed by atoms with van der Waals surface area (Å²) in [5.74, 6) is -1.07. The van der Waals surface area contributed by atoms with Crippen LogP contribution >= 0.6 is 11.6 Å². The van der Waals surface area contributed by atoms with Crippen LogP contribution in [-0.4, -0.2) is 69.5 Å². The molecule has 42 heavy (non-hydrogen) atoms. The van der Waals surface area contributed by atoms with Crippen molar-refractivity contribution >= 4 is 35.2 Å². The van der Waals surface area contributed by atoms with Crippen molar-refractivity contribution in [3.8, 4) is 11.1 Å². The molecule has 0 aliphatic carbocycles. The maximum Gasteiger partial charge on any atom is 0.255 e. The number of amides is 4. The van der Waals surface area contributed by atoms with Gasteiger partial charge in [0.25, 0.3) is 11.8 Å². The Morgan fingerprint density at radius 3 is 2.36 bits per heavy atom. The van der Waals surface area contributed by atoms with Crippen molar-refractivity contribution in [2.24, 2.45) is 0 Å². The van der Waals surface area contributed by atoms with Crippen LogP contribution in [0.25, 0.3) is 11.1 Å². The molecule has 0 bridgehead atoms. The van der Waals surface area contributed by atoms with E-state index in [1.54, 1.807) is 18.2 Å². The second-order valence-electron chi connectivity index (χ2n) is 11.5. The number of imide groups is 1. The van der Waals surface area contributed by atoms with Crippen molar-refractivity contribution in [2.45, 2.75) is 57.9 Å². The third kappa shape index (κ3) is 5.32. The van der Waals surface area contributed by atoms with Crippen molar-refractivity contribution < 1.29 is 19.2 Å². The largest absolute Gasteiger partial charge is 0.336 e. The van der Waals surface area contributed by atoms with Gasteiger partial charge in [-0.15, -0.1) is 0 Å². The first-order valence-corrected chi connectivity index (χ1v) is 14.7. The fourth-order valence-corrected chi connectivity index (χ4v) is 6.62. The summed E-state index contributed by atoms with van der Waals surface area (Å²) in [7, 11) is 0. The number of piperidine rings is 1. The van der Waals surface area contributed by atoms with Gasteiger partial charge in [-0.05, 0) is 72.9 Å². The smallest absolute Gasteiger partial charge is 0.255 e. The van der Waals surface area contributed by atoms with Gasteiger partial charge in [-0.25, -0.2) is 0 Å². The molecule has 8 nitrogen and oxygen atoms in total. The van der Waals surface area contributed by atoms with Gasteiger partial charge in [0.05, 0.1) is 0 Å². The molecule has 9 heteroatoms. The van der Waals surface area contributed by atoms with Crippen LogP contribution in [0.5, 0.6) is 0 Å². The Balaban J connectivity index is 1.14. The summed E-state index contributed by atoms with van der Waals surface area (Å²) < 4.78 is 0. The number of carbonyl (C=O) groups excluding carboxylic acids is 4. The molecule has 3 aromatic rings. The summed E-state index contributed by atoms with van der Waals surface area (Å²) in [6.45, 7) is 6.49. The van der Waals surface area contributed by atoms with E-state index in [2.05, 4.69) is 42.3 Å². The van der Waals surface area contributed by atoms with Crippen molar-refractivity contribution in [3.63, 3.8) is 0 Å². The Hall–Kier alpha value is -4.01. The van der Waals surface area contributed by atoms with Crippen LogP contribution in [0.4, 0.5) is 0 Å². The number of carbonyl (C=O) groups is 4. The number of halogens is 1. The van der Waals surface area contributed by atoms with E-state index in [-0.39, 0.29) is 42.8 Å². The number of nitrogens with zero attached hydrogens (tertiary/aromatic N) is 3. The quantitative estimate of drug-likeness (QED) is 0.446. The lowest BCUT2D eigenvalue weighted by atomic mass is 9.97. The van der Waals surface area contributed by atoms with Crippen molar-refractivity contribution in [2.75, 3.05) is 13.1 Å². The average molecular weight is 585 g/mol. The highest BCUT2D eigenvalue weighted by atomic mass is 35.5. The molecule has 6 rings (SSSR count). The SMILES string of the molecule is CC1CN(C(=O)c2ccc3c(c2)CN(C2CCC(=O)NC2=O)C3=O)CC(C)N1Cc1ccccc1-c1ccc(Cl)cc1. The highest BCUT2D eigenvalue weighted by Gasteiger charge is 2.40. The summed E-state index contributed by atoms with van der Waals surface area (Å²) >= 11 is 6.12. The lowest BCUT2D eigenvalue weighted by molar-refractivity contribution is -0.136. The molecule has 3 heterocycles. The Morgan fingerprint density at radius 1 is 0.929 bits per heavy atom. The number of piperazine rings is 1.